The number of aryl methyl sites for hydroxylation is 1. The van der Waals surface area contributed by atoms with Crippen molar-refractivity contribution in [3.05, 3.63) is 29.8 Å². The lowest BCUT2D eigenvalue weighted by atomic mass is 9.82. The number of benzene rings is 1. The normalized spacial score (nSPS) is 19.4. The van der Waals surface area contributed by atoms with Crippen LogP contribution >= 0.6 is 0 Å². The first-order valence-electron chi connectivity index (χ1n) is 10.3. The lowest BCUT2D eigenvalue weighted by Gasteiger charge is -2.32. The minimum atomic E-state index is -0.931. The molecule has 1 N–H and O–H groups in total. The van der Waals surface area contributed by atoms with Crippen LogP contribution in [0.3, 0.4) is 0 Å². The van der Waals surface area contributed by atoms with Crippen LogP contribution in [0, 0.1) is 12.3 Å². The van der Waals surface area contributed by atoms with Gasteiger partial charge < -0.3 is 19.7 Å². The molecule has 1 heterocycles. The number of anilines is 1. The number of esters is 1. The van der Waals surface area contributed by atoms with E-state index in [1.165, 1.54) is 0 Å². The molecule has 1 aliphatic heterocycles. The van der Waals surface area contributed by atoms with Crippen molar-refractivity contribution in [3.63, 3.8) is 0 Å². The van der Waals surface area contributed by atoms with Crippen LogP contribution in [0.4, 0.5) is 5.69 Å². The SMILES string of the molecule is Cc1ccc(NC(=O)[C@H](C)OC(=O)C2(CC(=O)N3CCOCC3)CCCC2)cc1. The van der Waals surface area contributed by atoms with E-state index in [0.29, 0.717) is 44.8 Å². The van der Waals surface area contributed by atoms with Crippen LogP contribution in [-0.4, -0.2) is 55.1 Å². The maximum atomic E-state index is 13.0. The van der Waals surface area contributed by atoms with Gasteiger partial charge in [-0.3, -0.25) is 14.4 Å². The number of nitrogens with one attached hydrogen (secondary N) is 1. The van der Waals surface area contributed by atoms with Crippen molar-refractivity contribution < 1.29 is 23.9 Å². The summed E-state index contributed by atoms with van der Waals surface area (Å²) >= 11 is 0. The van der Waals surface area contributed by atoms with Crippen molar-refractivity contribution in [1.82, 2.24) is 4.90 Å². The first-order chi connectivity index (χ1) is 13.9. The molecule has 0 spiro atoms. The van der Waals surface area contributed by atoms with Crippen LogP contribution in [0.25, 0.3) is 0 Å². The Bertz CT molecular complexity index is 734. The Labute approximate surface area is 171 Å². The number of hydrogen-bond acceptors (Lipinski definition) is 5. The second-order valence-electron chi connectivity index (χ2n) is 8.06. The molecule has 1 aliphatic carbocycles. The smallest absolute Gasteiger partial charge is 0.313 e. The molecular formula is C22H30N2O5. The summed E-state index contributed by atoms with van der Waals surface area (Å²) in [4.78, 5) is 39.9. The lowest BCUT2D eigenvalue weighted by Crippen LogP contribution is -2.45. The van der Waals surface area contributed by atoms with Gasteiger partial charge in [-0.15, -0.1) is 0 Å². The highest BCUT2D eigenvalue weighted by molar-refractivity contribution is 5.96. The van der Waals surface area contributed by atoms with E-state index in [0.717, 1.165) is 18.4 Å². The molecule has 7 nitrogen and oxygen atoms in total. The molecule has 0 radical (unpaired) electrons. The van der Waals surface area contributed by atoms with Gasteiger partial charge in [-0.2, -0.15) is 0 Å². The van der Waals surface area contributed by atoms with Gasteiger partial charge in [-0.25, -0.2) is 0 Å². The summed E-state index contributed by atoms with van der Waals surface area (Å²) in [6.07, 6.45) is 2.21. The van der Waals surface area contributed by atoms with E-state index in [1.54, 1.807) is 24.0 Å². The summed E-state index contributed by atoms with van der Waals surface area (Å²) in [5.74, 6) is -0.859. The molecule has 2 aliphatic rings. The molecule has 2 amide bonds. The Balaban J connectivity index is 1.60. The number of ether oxygens (including phenoxy) is 2. The van der Waals surface area contributed by atoms with Crippen molar-refractivity contribution in [3.8, 4) is 0 Å². The number of amides is 2. The van der Waals surface area contributed by atoms with Gasteiger partial charge in [0, 0.05) is 25.2 Å². The molecule has 1 saturated heterocycles. The average Bonchev–Trinajstić information content (AvgIpc) is 3.20. The molecule has 0 unspecified atom stereocenters. The summed E-state index contributed by atoms with van der Waals surface area (Å²) < 4.78 is 10.8. The molecule has 158 valence electrons. The van der Waals surface area contributed by atoms with Gasteiger partial charge in [0.2, 0.25) is 5.91 Å². The summed E-state index contributed by atoms with van der Waals surface area (Å²) in [6, 6.07) is 7.41. The molecule has 1 aromatic rings. The van der Waals surface area contributed by atoms with Crippen molar-refractivity contribution in [2.75, 3.05) is 31.6 Å². The van der Waals surface area contributed by atoms with E-state index in [9.17, 15) is 14.4 Å². The molecule has 1 saturated carbocycles. The fraction of sp³-hybridized carbons (Fsp3) is 0.591. The van der Waals surface area contributed by atoms with Crippen LogP contribution in [0.2, 0.25) is 0 Å². The molecule has 29 heavy (non-hydrogen) atoms. The van der Waals surface area contributed by atoms with E-state index < -0.39 is 17.5 Å². The average molecular weight is 402 g/mol. The van der Waals surface area contributed by atoms with Gasteiger partial charge in [-0.1, -0.05) is 30.5 Å². The lowest BCUT2D eigenvalue weighted by molar-refractivity contribution is -0.166. The Morgan fingerprint density at radius 1 is 1.14 bits per heavy atom. The van der Waals surface area contributed by atoms with Crippen LogP contribution in [0.1, 0.15) is 44.6 Å². The van der Waals surface area contributed by atoms with E-state index in [4.69, 9.17) is 9.47 Å². The Kier molecular flexibility index (Phi) is 6.90. The monoisotopic (exact) mass is 402 g/mol. The minimum absolute atomic E-state index is 0.0380. The van der Waals surface area contributed by atoms with Gasteiger partial charge >= 0.3 is 5.97 Å². The first-order valence-corrected chi connectivity index (χ1v) is 10.3. The third kappa shape index (κ3) is 5.35. The van der Waals surface area contributed by atoms with Crippen LogP contribution in [0.15, 0.2) is 24.3 Å². The van der Waals surface area contributed by atoms with Crippen LogP contribution in [-0.2, 0) is 23.9 Å². The van der Waals surface area contributed by atoms with Gasteiger partial charge in [0.25, 0.3) is 5.91 Å². The van der Waals surface area contributed by atoms with E-state index in [2.05, 4.69) is 5.32 Å². The van der Waals surface area contributed by atoms with Crippen molar-refractivity contribution >= 4 is 23.5 Å². The molecule has 7 heteroatoms. The summed E-state index contributed by atoms with van der Waals surface area (Å²) in [5.41, 5.74) is 0.922. The topological polar surface area (TPSA) is 84.9 Å². The molecule has 1 aromatic carbocycles. The minimum Gasteiger partial charge on any atom is -0.452 e. The highest BCUT2D eigenvalue weighted by atomic mass is 16.5. The van der Waals surface area contributed by atoms with Gasteiger partial charge in [-0.05, 0) is 38.8 Å². The number of carbonyl (C=O) groups excluding carboxylic acids is 3. The van der Waals surface area contributed by atoms with Crippen molar-refractivity contribution in [2.45, 2.75) is 52.1 Å². The zero-order valence-electron chi connectivity index (χ0n) is 17.2. The first kappa shape index (κ1) is 21.3. The van der Waals surface area contributed by atoms with Crippen LogP contribution < -0.4 is 5.32 Å². The van der Waals surface area contributed by atoms with Crippen LogP contribution in [0.5, 0.6) is 0 Å². The molecule has 2 fully saturated rings. The third-order valence-electron chi connectivity index (χ3n) is 5.82. The summed E-state index contributed by atoms with van der Waals surface area (Å²) in [7, 11) is 0. The van der Waals surface area contributed by atoms with Gasteiger partial charge in [0.1, 0.15) is 0 Å². The molecule has 1 atom stereocenters. The Hall–Kier alpha value is -2.41. The quantitative estimate of drug-likeness (QED) is 0.740. The fourth-order valence-corrected chi connectivity index (χ4v) is 3.94. The summed E-state index contributed by atoms with van der Waals surface area (Å²) in [6.45, 7) is 5.70. The zero-order valence-corrected chi connectivity index (χ0v) is 17.2. The third-order valence-corrected chi connectivity index (χ3v) is 5.82. The van der Waals surface area contributed by atoms with E-state index >= 15 is 0 Å². The Morgan fingerprint density at radius 2 is 1.76 bits per heavy atom. The number of rotatable bonds is 6. The van der Waals surface area contributed by atoms with E-state index in [1.807, 2.05) is 19.1 Å². The largest absolute Gasteiger partial charge is 0.452 e. The number of nitrogens with zero attached hydrogens (tertiary/aromatic N) is 1. The maximum Gasteiger partial charge on any atom is 0.313 e. The second kappa shape index (κ2) is 9.39. The Morgan fingerprint density at radius 3 is 2.38 bits per heavy atom. The predicted molar refractivity (Wildman–Crippen MR) is 108 cm³/mol. The molecule has 0 bridgehead atoms. The standard InChI is InChI=1S/C22H30N2O5/c1-16-5-7-18(8-6-16)23-20(26)17(2)29-21(27)22(9-3-4-10-22)15-19(25)24-11-13-28-14-12-24/h5-8,17H,3-4,9-15H2,1-2H3,(H,23,26)/t17-/m0/s1. The second-order valence-corrected chi connectivity index (χ2v) is 8.06. The maximum absolute atomic E-state index is 13.0. The highest BCUT2D eigenvalue weighted by Gasteiger charge is 2.46. The summed E-state index contributed by atoms with van der Waals surface area (Å²) in [5, 5.41) is 2.76. The van der Waals surface area contributed by atoms with Gasteiger partial charge in [0.05, 0.1) is 18.6 Å². The van der Waals surface area contributed by atoms with Crippen molar-refractivity contribution in [1.29, 1.82) is 0 Å². The number of morpholine rings is 1. The molecule has 0 aromatic heterocycles. The van der Waals surface area contributed by atoms with Crippen molar-refractivity contribution in [2.24, 2.45) is 5.41 Å². The van der Waals surface area contributed by atoms with E-state index in [-0.39, 0.29) is 18.2 Å². The molecular weight excluding hydrogens is 372 g/mol. The number of hydrogen-bond donors (Lipinski definition) is 1. The zero-order chi connectivity index (χ0) is 20.9. The fourth-order valence-electron chi connectivity index (χ4n) is 3.94. The number of carbonyl (C=O) groups is 3. The highest BCUT2D eigenvalue weighted by Crippen LogP contribution is 2.43. The van der Waals surface area contributed by atoms with Gasteiger partial charge in [0.15, 0.2) is 6.10 Å². The predicted octanol–water partition coefficient (Wildman–Crippen LogP) is 2.67. The molecule has 3 rings (SSSR count).